The highest BCUT2D eigenvalue weighted by atomic mass is 35.5. The molecular formula is C14H16Cl2N2OS. The molecule has 1 aromatic heterocycles. The summed E-state index contributed by atoms with van der Waals surface area (Å²) in [4.78, 5) is 5.26. The Bertz CT molecular complexity index is 599. The molecule has 2 rings (SSSR count). The van der Waals surface area contributed by atoms with Crippen molar-refractivity contribution in [2.45, 2.75) is 32.9 Å². The second-order valence-corrected chi connectivity index (χ2v) is 6.85. The van der Waals surface area contributed by atoms with Gasteiger partial charge in [-0.1, -0.05) is 23.2 Å². The van der Waals surface area contributed by atoms with Crippen LogP contribution in [0.15, 0.2) is 18.3 Å². The van der Waals surface area contributed by atoms with E-state index in [1.807, 2.05) is 26.1 Å². The number of rotatable bonds is 5. The number of thiazole rings is 1. The molecule has 1 atom stereocenters. The topological polar surface area (TPSA) is 48.1 Å². The Morgan fingerprint density at radius 1 is 1.40 bits per heavy atom. The van der Waals surface area contributed by atoms with Gasteiger partial charge in [0.15, 0.2) is 0 Å². The molecule has 0 saturated carbocycles. The van der Waals surface area contributed by atoms with Crippen molar-refractivity contribution in [2.24, 2.45) is 5.73 Å². The molecule has 108 valence electrons. The van der Waals surface area contributed by atoms with Crippen molar-refractivity contribution in [2.75, 3.05) is 0 Å². The number of aryl methyl sites for hydroxylation is 1. The van der Waals surface area contributed by atoms with Crippen LogP contribution in [-0.4, -0.2) is 11.0 Å². The van der Waals surface area contributed by atoms with E-state index in [0.29, 0.717) is 28.8 Å². The molecule has 0 spiro atoms. The van der Waals surface area contributed by atoms with E-state index in [1.165, 1.54) is 0 Å². The van der Waals surface area contributed by atoms with Gasteiger partial charge in [-0.25, -0.2) is 4.98 Å². The molecule has 0 amide bonds. The van der Waals surface area contributed by atoms with Crippen LogP contribution in [0, 0.1) is 6.92 Å². The van der Waals surface area contributed by atoms with Gasteiger partial charge >= 0.3 is 0 Å². The third-order valence-electron chi connectivity index (χ3n) is 2.66. The Hall–Kier alpha value is -0.810. The number of nitrogens with zero attached hydrogens (tertiary/aromatic N) is 1. The quantitative estimate of drug-likeness (QED) is 0.892. The minimum absolute atomic E-state index is 0.0116. The lowest BCUT2D eigenvalue weighted by Crippen LogP contribution is -2.18. The first-order valence-corrected chi connectivity index (χ1v) is 7.80. The summed E-state index contributed by atoms with van der Waals surface area (Å²) >= 11 is 13.9. The summed E-state index contributed by atoms with van der Waals surface area (Å²) in [5.74, 6) is 0.652. The minimum atomic E-state index is 0.0116. The van der Waals surface area contributed by atoms with Gasteiger partial charge in [-0.2, -0.15) is 0 Å². The van der Waals surface area contributed by atoms with Gasteiger partial charge in [0.2, 0.25) is 0 Å². The largest absolute Gasteiger partial charge is 0.486 e. The van der Waals surface area contributed by atoms with Crippen molar-refractivity contribution in [3.05, 3.63) is 43.8 Å². The molecule has 1 aromatic carbocycles. The van der Waals surface area contributed by atoms with E-state index in [2.05, 4.69) is 4.98 Å². The molecule has 0 radical (unpaired) electrons. The summed E-state index contributed by atoms with van der Waals surface area (Å²) in [6.45, 7) is 4.34. The predicted molar refractivity (Wildman–Crippen MR) is 85.0 cm³/mol. The highest BCUT2D eigenvalue weighted by Gasteiger charge is 2.13. The molecule has 0 aliphatic rings. The summed E-state index contributed by atoms with van der Waals surface area (Å²) in [6.07, 6.45) is 2.48. The Kier molecular flexibility index (Phi) is 5.27. The van der Waals surface area contributed by atoms with Gasteiger partial charge in [0.05, 0.1) is 14.9 Å². The fourth-order valence-electron chi connectivity index (χ4n) is 1.89. The average Bonchev–Trinajstić information content (AvgIpc) is 2.73. The fraction of sp³-hybridized carbons (Fsp3) is 0.357. The van der Waals surface area contributed by atoms with Crippen LogP contribution < -0.4 is 10.5 Å². The Morgan fingerprint density at radius 2 is 2.15 bits per heavy atom. The maximum atomic E-state index is 6.23. The average molecular weight is 331 g/mol. The lowest BCUT2D eigenvalue weighted by Gasteiger charge is -2.14. The number of benzene rings is 1. The SMILES string of the molecule is Cc1ncc(COc2c(Cl)cc(Cl)cc2CC(C)N)s1. The highest BCUT2D eigenvalue weighted by Crippen LogP contribution is 2.34. The zero-order valence-electron chi connectivity index (χ0n) is 11.3. The molecule has 1 unspecified atom stereocenters. The third-order valence-corrected chi connectivity index (χ3v) is 4.04. The molecule has 2 aromatic rings. The van der Waals surface area contributed by atoms with Crippen molar-refractivity contribution in [3.63, 3.8) is 0 Å². The molecule has 3 nitrogen and oxygen atoms in total. The molecule has 6 heteroatoms. The van der Waals surface area contributed by atoms with Crippen molar-refractivity contribution >= 4 is 34.5 Å². The molecule has 0 saturated heterocycles. The van der Waals surface area contributed by atoms with E-state index in [4.69, 9.17) is 33.7 Å². The summed E-state index contributed by atoms with van der Waals surface area (Å²) in [5, 5.41) is 2.11. The van der Waals surface area contributed by atoms with E-state index in [9.17, 15) is 0 Å². The van der Waals surface area contributed by atoms with Gasteiger partial charge in [-0.3, -0.25) is 0 Å². The first kappa shape index (κ1) is 15.6. The van der Waals surface area contributed by atoms with Gasteiger partial charge in [0.1, 0.15) is 12.4 Å². The lowest BCUT2D eigenvalue weighted by molar-refractivity contribution is 0.306. The molecule has 0 aliphatic carbocycles. The van der Waals surface area contributed by atoms with Gasteiger partial charge in [0, 0.05) is 17.3 Å². The number of ether oxygens (including phenoxy) is 1. The van der Waals surface area contributed by atoms with E-state index in [1.54, 1.807) is 17.4 Å². The number of halogens is 2. The maximum absolute atomic E-state index is 6.23. The van der Waals surface area contributed by atoms with Crippen molar-refractivity contribution < 1.29 is 4.74 Å². The predicted octanol–water partition coefficient (Wildman–Crippen LogP) is 4.23. The zero-order chi connectivity index (χ0) is 14.7. The van der Waals surface area contributed by atoms with E-state index in [0.717, 1.165) is 15.4 Å². The number of aromatic nitrogens is 1. The van der Waals surface area contributed by atoms with Crippen molar-refractivity contribution in [3.8, 4) is 5.75 Å². The van der Waals surface area contributed by atoms with Crippen LogP contribution in [0.25, 0.3) is 0 Å². The van der Waals surface area contributed by atoms with Crippen LogP contribution in [-0.2, 0) is 13.0 Å². The Morgan fingerprint density at radius 3 is 2.75 bits per heavy atom. The van der Waals surface area contributed by atoms with Gasteiger partial charge < -0.3 is 10.5 Å². The molecule has 0 aliphatic heterocycles. The van der Waals surface area contributed by atoms with Crippen LogP contribution >= 0.6 is 34.5 Å². The smallest absolute Gasteiger partial charge is 0.141 e. The Balaban J connectivity index is 2.20. The van der Waals surface area contributed by atoms with Crippen molar-refractivity contribution in [1.82, 2.24) is 4.98 Å². The van der Waals surface area contributed by atoms with E-state index >= 15 is 0 Å². The molecular weight excluding hydrogens is 315 g/mol. The summed E-state index contributed by atoms with van der Waals surface area (Å²) in [7, 11) is 0. The van der Waals surface area contributed by atoms with Gasteiger partial charge in [-0.05, 0) is 38.0 Å². The second kappa shape index (κ2) is 6.76. The van der Waals surface area contributed by atoms with Crippen LogP contribution in [0.1, 0.15) is 22.4 Å². The van der Waals surface area contributed by atoms with E-state index in [-0.39, 0.29) is 6.04 Å². The molecule has 20 heavy (non-hydrogen) atoms. The van der Waals surface area contributed by atoms with Gasteiger partial charge in [0.25, 0.3) is 0 Å². The molecule has 0 bridgehead atoms. The maximum Gasteiger partial charge on any atom is 0.141 e. The first-order valence-electron chi connectivity index (χ1n) is 6.23. The Labute approximate surface area is 132 Å². The normalized spacial score (nSPS) is 12.4. The molecule has 1 heterocycles. The number of hydrogen-bond donors (Lipinski definition) is 1. The van der Waals surface area contributed by atoms with Crippen molar-refractivity contribution in [1.29, 1.82) is 0 Å². The van der Waals surface area contributed by atoms with Gasteiger partial charge in [-0.15, -0.1) is 11.3 Å². The van der Waals surface area contributed by atoms with E-state index < -0.39 is 0 Å². The molecule has 2 N–H and O–H groups in total. The third kappa shape index (κ3) is 4.09. The summed E-state index contributed by atoms with van der Waals surface area (Å²) < 4.78 is 5.85. The highest BCUT2D eigenvalue weighted by molar-refractivity contribution is 7.11. The fourth-order valence-corrected chi connectivity index (χ4v) is 3.19. The van der Waals surface area contributed by atoms with Crippen LogP contribution in [0.3, 0.4) is 0 Å². The number of hydrogen-bond acceptors (Lipinski definition) is 4. The number of nitrogens with two attached hydrogens (primary N) is 1. The van der Waals surface area contributed by atoms with Crippen LogP contribution in [0.2, 0.25) is 10.0 Å². The van der Waals surface area contributed by atoms with Crippen LogP contribution in [0.4, 0.5) is 0 Å². The second-order valence-electron chi connectivity index (χ2n) is 4.69. The standard InChI is InChI=1S/C14H16Cl2N2OS/c1-8(17)3-10-4-11(15)5-13(16)14(10)19-7-12-6-18-9(2)20-12/h4-6,8H,3,7,17H2,1-2H3. The molecule has 0 fully saturated rings. The monoisotopic (exact) mass is 330 g/mol. The summed E-state index contributed by atoms with van der Waals surface area (Å²) in [6, 6.07) is 3.54. The van der Waals surface area contributed by atoms with Crippen LogP contribution in [0.5, 0.6) is 5.75 Å². The minimum Gasteiger partial charge on any atom is -0.486 e. The summed E-state index contributed by atoms with van der Waals surface area (Å²) in [5.41, 5.74) is 6.78. The zero-order valence-corrected chi connectivity index (χ0v) is 13.6. The first-order chi connectivity index (χ1) is 9.45. The lowest BCUT2D eigenvalue weighted by atomic mass is 10.1.